The van der Waals surface area contributed by atoms with Gasteiger partial charge >= 0.3 is 12.1 Å². The molecule has 0 atom stereocenters. The van der Waals surface area contributed by atoms with Crippen molar-refractivity contribution in [3.8, 4) is 5.75 Å². The van der Waals surface area contributed by atoms with Crippen LogP contribution in [-0.2, 0) is 11.4 Å². The standard InChI is InChI=1S/C19H22N4O3.C2HF3O2/c1-20-9-11-21-14-22(12-10-20)23-8-7-16(24)18(17(23)19(21)25)26-13-15-5-3-2-4-6-15;3-2(4,5)1(6)7/h2-8H,9-14H2,1H3;(H,6,7). The number of hydrogen-bond donors (Lipinski definition) is 1. The van der Waals surface area contributed by atoms with Crippen molar-refractivity contribution in [3.05, 3.63) is 64.1 Å². The number of likely N-dealkylation sites (N-methyl/N-ethyl adjacent to an activating group) is 1. The number of halogens is 3. The monoisotopic (exact) mass is 468 g/mol. The number of aromatic nitrogens is 1. The van der Waals surface area contributed by atoms with Crippen molar-refractivity contribution in [2.75, 3.05) is 44.9 Å². The van der Waals surface area contributed by atoms with Gasteiger partial charge in [-0.1, -0.05) is 30.3 Å². The lowest BCUT2D eigenvalue weighted by Crippen LogP contribution is -2.58. The van der Waals surface area contributed by atoms with Gasteiger partial charge in [0.1, 0.15) is 13.3 Å². The second-order valence-corrected chi connectivity index (χ2v) is 7.52. The zero-order chi connectivity index (χ0) is 24.2. The highest BCUT2D eigenvalue weighted by Gasteiger charge is 2.38. The lowest BCUT2D eigenvalue weighted by atomic mass is 10.2. The van der Waals surface area contributed by atoms with Crippen molar-refractivity contribution in [2.45, 2.75) is 12.8 Å². The zero-order valence-electron chi connectivity index (χ0n) is 17.8. The maximum Gasteiger partial charge on any atom is 0.490 e. The first-order valence-electron chi connectivity index (χ1n) is 10.0. The van der Waals surface area contributed by atoms with Crippen LogP contribution >= 0.6 is 0 Å². The highest BCUT2D eigenvalue weighted by atomic mass is 19.4. The number of carbonyl (C=O) groups is 2. The Kier molecular flexibility index (Phi) is 7.26. The summed E-state index contributed by atoms with van der Waals surface area (Å²) in [6.07, 6.45) is -3.41. The van der Waals surface area contributed by atoms with Crippen LogP contribution in [0.4, 0.5) is 13.2 Å². The predicted octanol–water partition coefficient (Wildman–Crippen LogP) is 1.36. The summed E-state index contributed by atoms with van der Waals surface area (Å²) in [7, 11) is 2.05. The SMILES string of the molecule is CN1CCN2CN(CC1)n1ccc(=O)c(OCc3ccccc3)c1C2=O.O=C(O)C(F)(F)F. The maximum absolute atomic E-state index is 13.0. The molecular formula is C21H23F3N4O5. The minimum atomic E-state index is -5.08. The number of carbonyl (C=O) groups excluding carboxylic acids is 1. The number of carboxylic acids is 1. The van der Waals surface area contributed by atoms with Crippen molar-refractivity contribution in [1.82, 2.24) is 14.5 Å². The number of benzene rings is 1. The quantitative estimate of drug-likeness (QED) is 0.727. The Morgan fingerprint density at radius 3 is 2.33 bits per heavy atom. The number of carboxylic acid groups (broad SMARTS) is 1. The van der Waals surface area contributed by atoms with Gasteiger partial charge in [-0.3, -0.25) is 19.3 Å². The fourth-order valence-corrected chi connectivity index (χ4v) is 3.33. The van der Waals surface area contributed by atoms with E-state index in [0.717, 1.165) is 25.2 Å². The van der Waals surface area contributed by atoms with Gasteiger partial charge in [0.15, 0.2) is 11.4 Å². The topological polar surface area (TPSA) is 95.3 Å². The van der Waals surface area contributed by atoms with Crippen LogP contribution in [0.1, 0.15) is 16.1 Å². The third-order valence-electron chi connectivity index (χ3n) is 5.12. The van der Waals surface area contributed by atoms with E-state index in [1.807, 2.05) is 30.3 Å². The molecule has 3 heterocycles. The molecule has 0 saturated carbocycles. The molecule has 1 saturated heterocycles. The molecule has 1 aromatic heterocycles. The van der Waals surface area contributed by atoms with Gasteiger partial charge in [0.25, 0.3) is 5.91 Å². The van der Waals surface area contributed by atoms with E-state index < -0.39 is 12.1 Å². The molecule has 2 aliphatic rings. The highest BCUT2D eigenvalue weighted by Crippen LogP contribution is 2.22. The summed E-state index contributed by atoms with van der Waals surface area (Å²) in [6.45, 7) is 3.90. The molecule has 33 heavy (non-hydrogen) atoms. The molecule has 2 aliphatic heterocycles. The molecule has 2 bridgehead atoms. The fourth-order valence-electron chi connectivity index (χ4n) is 3.33. The van der Waals surface area contributed by atoms with Crippen LogP contribution < -0.4 is 15.2 Å². The van der Waals surface area contributed by atoms with E-state index in [-0.39, 0.29) is 23.7 Å². The lowest BCUT2D eigenvalue weighted by molar-refractivity contribution is -0.192. The van der Waals surface area contributed by atoms with Crippen LogP contribution in [-0.4, -0.2) is 77.5 Å². The number of nitrogens with zero attached hydrogens (tertiary/aromatic N) is 4. The second kappa shape index (κ2) is 9.94. The van der Waals surface area contributed by atoms with E-state index in [2.05, 4.69) is 17.0 Å². The Bertz CT molecular complexity index is 1060. The molecule has 2 aromatic rings. The van der Waals surface area contributed by atoms with Crippen LogP contribution in [0.5, 0.6) is 5.75 Å². The first-order valence-corrected chi connectivity index (χ1v) is 10.0. The van der Waals surface area contributed by atoms with E-state index >= 15 is 0 Å². The van der Waals surface area contributed by atoms with E-state index in [0.29, 0.717) is 18.9 Å². The number of aliphatic carboxylic acids is 1. The molecule has 4 rings (SSSR count). The number of hydrogen-bond acceptors (Lipinski definition) is 6. The van der Waals surface area contributed by atoms with Crippen LogP contribution in [0.2, 0.25) is 0 Å². The van der Waals surface area contributed by atoms with E-state index in [4.69, 9.17) is 14.6 Å². The minimum absolute atomic E-state index is 0.130. The molecule has 1 amide bonds. The van der Waals surface area contributed by atoms with E-state index in [9.17, 15) is 22.8 Å². The Hall–Kier alpha value is -3.54. The van der Waals surface area contributed by atoms with Gasteiger partial charge in [-0.15, -0.1) is 0 Å². The number of fused-ring (bicyclic) bond motifs is 4. The number of alkyl halides is 3. The average molecular weight is 468 g/mol. The Morgan fingerprint density at radius 2 is 1.70 bits per heavy atom. The van der Waals surface area contributed by atoms with Gasteiger partial charge in [-0.2, -0.15) is 13.2 Å². The third kappa shape index (κ3) is 5.83. The zero-order valence-corrected chi connectivity index (χ0v) is 17.8. The second-order valence-electron chi connectivity index (χ2n) is 7.52. The van der Waals surface area contributed by atoms with Gasteiger partial charge in [-0.25, -0.2) is 4.79 Å². The first kappa shape index (κ1) is 24.1. The van der Waals surface area contributed by atoms with Gasteiger partial charge in [-0.05, 0) is 12.6 Å². The molecule has 0 radical (unpaired) electrons. The van der Waals surface area contributed by atoms with Crippen molar-refractivity contribution in [1.29, 1.82) is 0 Å². The Morgan fingerprint density at radius 1 is 1.06 bits per heavy atom. The molecule has 0 spiro atoms. The first-order chi connectivity index (χ1) is 15.6. The van der Waals surface area contributed by atoms with Gasteiger partial charge in [0.05, 0.1) is 0 Å². The Labute approximate surface area is 187 Å². The lowest BCUT2D eigenvalue weighted by Gasteiger charge is -2.42. The van der Waals surface area contributed by atoms with E-state index in [1.165, 1.54) is 6.07 Å². The summed E-state index contributed by atoms with van der Waals surface area (Å²) in [6, 6.07) is 11.1. The van der Waals surface area contributed by atoms with Crippen LogP contribution in [0, 0.1) is 0 Å². The normalized spacial score (nSPS) is 16.2. The Balaban J connectivity index is 0.000000383. The summed E-state index contributed by atoms with van der Waals surface area (Å²) < 4.78 is 39.3. The summed E-state index contributed by atoms with van der Waals surface area (Å²) in [5.74, 6) is -2.78. The summed E-state index contributed by atoms with van der Waals surface area (Å²) in [5, 5.41) is 9.20. The summed E-state index contributed by atoms with van der Waals surface area (Å²) in [4.78, 5) is 38.3. The molecular weight excluding hydrogens is 445 g/mol. The number of pyridine rings is 1. The highest BCUT2D eigenvalue weighted by molar-refractivity contribution is 5.96. The smallest absolute Gasteiger partial charge is 0.482 e. The number of rotatable bonds is 3. The number of amides is 1. The summed E-state index contributed by atoms with van der Waals surface area (Å²) >= 11 is 0. The third-order valence-corrected chi connectivity index (χ3v) is 5.12. The van der Waals surface area contributed by atoms with Crippen molar-refractivity contribution >= 4 is 11.9 Å². The maximum atomic E-state index is 13.0. The summed E-state index contributed by atoms with van der Waals surface area (Å²) in [5.41, 5.74) is 1.01. The molecule has 178 valence electrons. The average Bonchev–Trinajstić information content (AvgIpc) is 2.76. The van der Waals surface area contributed by atoms with E-state index in [1.54, 1.807) is 15.8 Å². The minimum Gasteiger partial charge on any atom is -0.482 e. The van der Waals surface area contributed by atoms with Crippen molar-refractivity contribution < 1.29 is 32.6 Å². The van der Waals surface area contributed by atoms with Crippen LogP contribution in [0.3, 0.4) is 0 Å². The molecule has 9 nitrogen and oxygen atoms in total. The largest absolute Gasteiger partial charge is 0.490 e. The molecule has 0 aliphatic carbocycles. The van der Waals surface area contributed by atoms with Gasteiger partial charge in [0, 0.05) is 38.4 Å². The predicted molar refractivity (Wildman–Crippen MR) is 112 cm³/mol. The van der Waals surface area contributed by atoms with Crippen LogP contribution in [0.15, 0.2) is 47.4 Å². The van der Waals surface area contributed by atoms with Crippen molar-refractivity contribution in [3.63, 3.8) is 0 Å². The fraction of sp³-hybridized carbons (Fsp3) is 0.381. The van der Waals surface area contributed by atoms with Gasteiger partial charge in [0.2, 0.25) is 5.43 Å². The molecule has 1 fully saturated rings. The molecule has 0 unspecified atom stereocenters. The van der Waals surface area contributed by atoms with Crippen molar-refractivity contribution in [2.24, 2.45) is 0 Å². The van der Waals surface area contributed by atoms with Gasteiger partial charge < -0.3 is 19.6 Å². The molecule has 12 heteroatoms. The van der Waals surface area contributed by atoms with Crippen LogP contribution in [0.25, 0.3) is 0 Å². The molecule has 1 aromatic carbocycles. The molecule has 1 N–H and O–H groups in total. The number of ether oxygens (including phenoxy) is 1.